The maximum atomic E-state index is 13.1. The number of benzene rings is 2. The predicted molar refractivity (Wildman–Crippen MR) is 103 cm³/mol. The highest BCUT2D eigenvalue weighted by Gasteiger charge is 2.59. The molecule has 2 aliphatic rings. The van der Waals surface area contributed by atoms with E-state index < -0.39 is 12.0 Å². The first-order valence-electron chi connectivity index (χ1n) is 9.23. The van der Waals surface area contributed by atoms with Crippen molar-refractivity contribution < 1.29 is 14.4 Å². The quantitative estimate of drug-likeness (QED) is 0.731. The summed E-state index contributed by atoms with van der Waals surface area (Å²) in [7, 11) is 0. The van der Waals surface area contributed by atoms with E-state index in [1.54, 1.807) is 17.2 Å². The summed E-state index contributed by atoms with van der Waals surface area (Å²) in [6.07, 6.45) is 0.940. The van der Waals surface area contributed by atoms with Crippen LogP contribution in [0.2, 0.25) is 5.02 Å². The first-order valence-corrected chi connectivity index (χ1v) is 9.61. The largest absolute Gasteiger partial charge is 0.280 e. The number of likely N-dealkylation sites (tertiary alicyclic amines) is 1. The van der Waals surface area contributed by atoms with E-state index in [4.69, 9.17) is 16.4 Å². The third kappa shape index (κ3) is 3.11. The zero-order valence-electron chi connectivity index (χ0n) is 15.0. The van der Waals surface area contributed by atoms with Gasteiger partial charge in [-0.2, -0.15) is 0 Å². The van der Waals surface area contributed by atoms with E-state index in [1.165, 1.54) is 4.90 Å². The average Bonchev–Trinajstić information content (AvgIpc) is 3.19. The third-order valence-corrected chi connectivity index (χ3v) is 5.42. The second kappa shape index (κ2) is 7.33. The number of rotatable bonds is 5. The number of hydrogen-bond acceptors (Lipinski definition) is 4. The van der Waals surface area contributed by atoms with Crippen LogP contribution in [0.3, 0.4) is 0 Å². The average molecular weight is 385 g/mol. The molecule has 5 nitrogen and oxygen atoms in total. The first-order chi connectivity index (χ1) is 13.1. The molecule has 2 aliphatic heterocycles. The number of unbranched alkanes of at least 4 members (excludes halogenated alkanes) is 1. The molecule has 0 bridgehead atoms. The van der Waals surface area contributed by atoms with Gasteiger partial charge in [-0.25, -0.2) is 5.06 Å². The van der Waals surface area contributed by atoms with Crippen molar-refractivity contribution in [2.45, 2.75) is 31.9 Å². The van der Waals surface area contributed by atoms with Crippen LogP contribution >= 0.6 is 11.6 Å². The molecule has 2 saturated heterocycles. The number of hydroxylamine groups is 1. The van der Waals surface area contributed by atoms with E-state index in [-0.39, 0.29) is 17.9 Å². The van der Waals surface area contributed by atoms with Crippen molar-refractivity contribution in [3.8, 4) is 0 Å². The minimum Gasteiger partial charge on any atom is -0.280 e. The summed E-state index contributed by atoms with van der Waals surface area (Å²) in [6.45, 7) is 2.49. The van der Waals surface area contributed by atoms with Crippen molar-refractivity contribution in [1.82, 2.24) is 4.90 Å². The highest BCUT2D eigenvalue weighted by molar-refractivity contribution is 6.30. The Morgan fingerprint density at radius 1 is 1.00 bits per heavy atom. The molecular formula is C21H21ClN2O3. The Balaban J connectivity index is 1.73. The van der Waals surface area contributed by atoms with Gasteiger partial charge in [-0.3, -0.25) is 19.3 Å². The van der Waals surface area contributed by atoms with Gasteiger partial charge in [-0.15, -0.1) is 0 Å². The van der Waals surface area contributed by atoms with Gasteiger partial charge in [0.1, 0.15) is 5.92 Å². The molecule has 6 heteroatoms. The maximum absolute atomic E-state index is 13.1. The van der Waals surface area contributed by atoms with Gasteiger partial charge >= 0.3 is 0 Å². The molecule has 0 N–H and O–H groups in total. The zero-order chi connectivity index (χ0) is 19.0. The van der Waals surface area contributed by atoms with Gasteiger partial charge in [-0.1, -0.05) is 55.3 Å². The number of carbonyl (C=O) groups is 2. The van der Waals surface area contributed by atoms with E-state index in [0.717, 1.165) is 24.1 Å². The molecule has 2 fully saturated rings. The maximum Gasteiger partial charge on any atom is 0.261 e. The Hall–Kier alpha value is -2.37. The first kappa shape index (κ1) is 18.0. The Labute approximate surface area is 163 Å². The summed E-state index contributed by atoms with van der Waals surface area (Å²) in [6, 6.07) is 16.6. The number of nitrogens with zero attached hydrogens (tertiary/aromatic N) is 2. The summed E-state index contributed by atoms with van der Waals surface area (Å²) in [4.78, 5) is 33.4. The van der Waals surface area contributed by atoms with Crippen molar-refractivity contribution >= 4 is 29.1 Å². The molecule has 4 rings (SSSR count). The lowest BCUT2D eigenvalue weighted by molar-refractivity contribution is -0.143. The molecule has 0 unspecified atom stereocenters. The fourth-order valence-electron chi connectivity index (χ4n) is 3.81. The molecule has 27 heavy (non-hydrogen) atoms. The van der Waals surface area contributed by atoms with Crippen LogP contribution in [0.15, 0.2) is 54.6 Å². The van der Waals surface area contributed by atoms with E-state index in [2.05, 4.69) is 0 Å². The summed E-state index contributed by atoms with van der Waals surface area (Å²) < 4.78 is 0. The highest BCUT2D eigenvalue weighted by atomic mass is 35.5. The third-order valence-electron chi connectivity index (χ3n) is 5.16. The normalized spacial score (nSPS) is 24.6. The van der Waals surface area contributed by atoms with Crippen molar-refractivity contribution in [2.75, 3.05) is 11.6 Å². The van der Waals surface area contributed by atoms with Gasteiger partial charge in [0.05, 0.1) is 11.7 Å². The van der Waals surface area contributed by atoms with E-state index >= 15 is 0 Å². The predicted octanol–water partition coefficient (Wildman–Crippen LogP) is 3.99. The number of amides is 2. The van der Waals surface area contributed by atoms with Crippen LogP contribution in [-0.4, -0.2) is 29.4 Å². The van der Waals surface area contributed by atoms with Gasteiger partial charge in [0, 0.05) is 11.6 Å². The summed E-state index contributed by atoms with van der Waals surface area (Å²) in [5.74, 6) is -0.938. The second-order valence-electron chi connectivity index (χ2n) is 6.89. The molecule has 3 atom stereocenters. The van der Waals surface area contributed by atoms with Crippen LogP contribution in [0, 0.1) is 5.92 Å². The van der Waals surface area contributed by atoms with E-state index in [1.807, 2.05) is 49.4 Å². The van der Waals surface area contributed by atoms with Crippen molar-refractivity contribution in [1.29, 1.82) is 0 Å². The van der Waals surface area contributed by atoms with Crippen LogP contribution in [0.25, 0.3) is 0 Å². The van der Waals surface area contributed by atoms with Crippen molar-refractivity contribution in [3.05, 3.63) is 65.2 Å². The fraction of sp³-hybridized carbons (Fsp3) is 0.333. The topological polar surface area (TPSA) is 49.9 Å². The van der Waals surface area contributed by atoms with Gasteiger partial charge in [0.15, 0.2) is 6.10 Å². The molecule has 140 valence electrons. The van der Waals surface area contributed by atoms with Crippen LogP contribution in [0.4, 0.5) is 5.69 Å². The van der Waals surface area contributed by atoms with E-state index in [0.29, 0.717) is 11.6 Å². The molecule has 0 aromatic heterocycles. The highest BCUT2D eigenvalue weighted by Crippen LogP contribution is 2.46. The number of hydrogen-bond donors (Lipinski definition) is 0. The fourth-order valence-corrected chi connectivity index (χ4v) is 3.94. The summed E-state index contributed by atoms with van der Waals surface area (Å²) in [5.41, 5.74) is 1.71. The van der Waals surface area contributed by atoms with Crippen LogP contribution < -0.4 is 5.06 Å². The van der Waals surface area contributed by atoms with Crippen molar-refractivity contribution in [3.63, 3.8) is 0 Å². The zero-order valence-corrected chi connectivity index (χ0v) is 15.8. The lowest BCUT2D eigenvalue weighted by atomic mass is 9.90. The number of halogens is 1. The molecule has 0 aliphatic carbocycles. The molecule has 0 saturated carbocycles. The SMILES string of the molecule is CCCCN1C(=O)[C@H]2[C@H](ON(c3ccc(Cl)cc3)[C@@H]2c2ccccc2)C1=O. The molecule has 0 radical (unpaired) electrons. The Kier molecular flexibility index (Phi) is 4.89. The summed E-state index contributed by atoms with van der Waals surface area (Å²) in [5, 5.41) is 2.31. The minimum atomic E-state index is -0.782. The van der Waals surface area contributed by atoms with Gasteiger partial charge < -0.3 is 0 Å². The Morgan fingerprint density at radius 2 is 1.70 bits per heavy atom. The van der Waals surface area contributed by atoms with Crippen LogP contribution in [-0.2, 0) is 14.4 Å². The second-order valence-corrected chi connectivity index (χ2v) is 7.33. The van der Waals surface area contributed by atoms with Crippen LogP contribution in [0.1, 0.15) is 31.4 Å². The summed E-state index contributed by atoms with van der Waals surface area (Å²) >= 11 is 6.01. The standard InChI is InChI=1S/C21H21ClN2O3/c1-2-3-13-23-20(25)17-18(14-7-5-4-6-8-14)24(27-19(17)21(23)26)16-11-9-15(22)10-12-16/h4-12,17-19H,2-3,13H2,1H3/t17-,18-,19+/m1/s1. The Morgan fingerprint density at radius 3 is 2.37 bits per heavy atom. The van der Waals surface area contributed by atoms with E-state index in [9.17, 15) is 9.59 Å². The molecule has 2 amide bonds. The molecule has 2 aromatic carbocycles. The number of imide groups is 1. The number of carbonyl (C=O) groups excluding carboxylic acids is 2. The van der Waals surface area contributed by atoms with Crippen LogP contribution in [0.5, 0.6) is 0 Å². The Bertz CT molecular complexity index is 840. The van der Waals surface area contributed by atoms with Gasteiger partial charge in [-0.05, 0) is 36.2 Å². The molecule has 2 heterocycles. The van der Waals surface area contributed by atoms with Crippen molar-refractivity contribution in [2.24, 2.45) is 5.92 Å². The number of anilines is 1. The van der Waals surface area contributed by atoms with Gasteiger partial charge in [0.25, 0.3) is 5.91 Å². The monoisotopic (exact) mass is 384 g/mol. The smallest absolute Gasteiger partial charge is 0.261 e. The molecular weight excluding hydrogens is 364 g/mol. The van der Waals surface area contributed by atoms with Gasteiger partial charge in [0.2, 0.25) is 5.91 Å². The lowest BCUT2D eigenvalue weighted by Crippen LogP contribution is -2.37. The molecule has 2 aromatic rings. The molecule has 0 spiro atoms. The minimum absolute atomic E-state index is 0.149. The number of fused-ring (bicyclic) bond motifs is 1. The lowest BCUT2D eigenvalue weighted by Gasteiger charge is -2.28.